The first-order chi connectivity index (χ1) is 12.7. The molecule has 0 radical (unpaired) electrons. The molecule has 158 valence electrons. The van der Waals surface area contributed by atoms with Gasteiger partial charge in [0.1, 0.15) is 0 Å². The van der Waals surface area contributed by atoms with Crippen molar-refractivity contribution in [3.05, 3.63) is 35.5 Å². The molecule has 0 aliphatic heterocycles. The average Bonchev–Trinajstić information content (AvgIpc) is 2.54. The summed E-state index contributed by atoms with van der Waals surface area (Å²) >= 11 is 0. The maximum absolute atomic E-state index is 8.95. The zero-order valence-electron chi connectivity index (χ0n) is 19.3. The number of hydrogen-bond donors (Lipinski definition) is 1. The second kappa shape index (κ2) is 16.2. The number of hydrogen-bond acceptors (Lipinski definition) is 1. The van der Waals surface area contributed by atoms with Gasteiger partial charge in [0.25, 0.3) is 0 Å². The van der Waals surface area contributed by atoms with Crippen LogP contribution in [-0.2, 0) is 0 Å². The molecule has 0 rings (SSSR count). The summed E-state index contributed by atoms with van der Waals surface area (Å²) in [7, 11) is 0. The lowest BCUT2D eigenvalue weighted by Gasteiger charge is -2.15. The molecular weight excluding hydrogens is 328 g/mol. The number of allylic oxidation sites excluding steroid dienone is 5. The summed E-state index contributed by atoms with van der Waals surface area (Å²) in [5.74, 6) is 2.13. The van der Waals surface area contributed by atoms with E-state index in [4.69, 9.17) is 5.11 Å². The van der Waals surface area contributed by atoms with E-state index in [1.54, 1.807) is 5.57 Å². The fourth-order valence-corrected chi connectivity index (χ4v) is 3.71. The van der Waals surface area contributed by atoms with Crippen molar-refractivity contribution in [3.8, 4) is 0 Å². The monoisotopic (exact) mass is 376 g/mol. The Balaban J connectivity index is 3.91. The highest BCUT2D eigenvalue weighted by molar-refractivity contribution is 5.04. The van der Waals surface area contributed by atoms with Gasteiger partial charge in [-0.1, -0.05) is 69.6 Å². The van der Waals surface area contributed by atoms with Crippen LogP contribution in [0.2, 0.25) is 0 Å². The Morgan fingerprint density at radius 3 is 2.07 bits per heavy atom. The zero-order valence-corrected chi connectivity index (χ0v) is 19.3. The van der Waals surface area contributed by atoms with E-state index < -0.39 is 0 Å². The molecule has 0 aliphatic rings. The van der Waals surface area contributed by atoms with Crippen LogP contribution in [0.3, 0.4) is 0 Å². The second-order valence-electron chi connectivity index (χ2n) is 9.38. The molecule has 1 heteroatoms. The molecule has 0 unspecified atom stereocenters. The summed E-state index contributed by atoms with van der Waals surface area (Å²) in [4.78, 5) is 0. The van der Waals surface area contributed by atoms with Crippen molar-refractivity contribution in [2.24, 2.45) is 17.8 Å². The van der Waals surface area contributed by atoms with Crippen LogP contribution in [0.15, 0.2) is 35.5 Å². The van der Waals surface area contributed by atoms with E-state index in [-0.39, 0.29) is 0 Å². The van der Waals surface area contributed by atoms with E-state index in [2.05, 4.69) is 60.3 Å². The van der Waals surface area contributed by atoms with Gasteiger partial charge in [-0.3, -0.25) is 0 Å². The van der Waals surface area contributed by atoms with Gasteiger partial charge < -0.3 is 5.11 Å². The molecule has 0 saturated carbocycles. The molecule has 27 heavy (non-hydrogen) atoms. The normalized spacial score (nSPS) is 15.3. The van der Waals surface area contributed by atoms with Crippen molar-refractivity contribution in [1.29, 1.82) is 0 Å². The number of aliphatic hydroxyl groups excluding tert-OH is 1. The molecule has 2 atom stereocenters. The topological polar surface area (TPSA) is 20.2 Å². The van der Waals surface area contributed by atoms with Gasteiger partial charge in [0.15, 0.2) is 0 Å². The highest BCUT2D eigenvalue weighted by Gasteiger charge is 2.06. The van der Waals surface area contributed by atoms with E-state index in [0.29, 0.717) is 12.5 Å². The van der Waals surface area contributed by atoms with Gasteiger partial charge in [-0.2, -0.15) is 0 Å². The lowest BCUT2D eigenvalue weighted by molar-refractivity contribution is 0.259. The summed E-state index contributed by atoms with van der Waals surface area (Å²) in [5.41, 5.74) is 4.48. The van der Waals surface area contributed by atoms with E-state index in [0.717, 1.165) is 24.7 Å². The van der Waals surface area contributed by atoms with Crippen LogP contribution in [0.5, 0.6) is 0 Å². The SMILES string of the molecule is C=C(CC(C)C)C[C@H](C)CCC/C(C)=C/CC/C(C)=C/CC[C@H](C)CCO. The van der Waals surface area contributed by atoms with Crippen LogP contribution in [-0.4, -0.2) is 11.7 Å². The highest BCUT2D eigenvalue weighted by Crippen LogP contribution is 2.22. The molecule has 0 amide bonds. The van der Waals surface area contributed by atoms with E-state index in [9.17, 15) is 0 Å². The molecule has 0 fully saturated rings. The van der Waals surface area contributed by atoms with Crippen molar-refractivity contribution in [2.75, 3.05) is 6.61 Å². The van der Waals surface area contributed by atoms with Gasteiger partial charge in [0.2, 0.25) is 0 Å². The minimum absolute atomic E-state index is 0.319. The smallest absolute Gasteiger partial charge is 0.0433 e. The first kappa shape index (κ1) is 26.2. The molecule has 0 spiro atoms. The minimum atomic E-state index is 0.319. The minimum Gasteiger partial charge on any atom is -0.396 e. The third kappa shape index (κ3) is 17.0. The predicted molar refractivity (Wildman–Crippen MR) is 123 cm³/mol. The van der Waals surface area contributed by atoms with E-state index in [1.807, 2.05) is 0 Å². The van der Waals surface area contributed by atoms with Crippen LogP contribution in [0.4, 0.5) is 0 Å². The Hall–Kier alpha value is -0.820. The molecule has 0 heterocycles. The third-order valence-corrected chi connectivity index (χ3v) is 5.41. The van der Waals surface area contributed by atoms with Crippen LogP contribution >= 0.6 is 0 Å². The maximum atomic E-state index is 8.95. The largest absolute Gasteiger partial charge is 0.396 e. The van der Waals surface area contributed by atoms with Crippen molar-refractivity contribution < 1.29 is 5.11 Å². The van der Waals surface area contributed by atoms with Crippen molar-refractivity contribution >= 4 is 0 Å². The van der Waals surface area contributed by atoms with Gasteiger partial charge in [-0.25, -0.2) is 0 Å². The van der Waals surface area contributed by atoms with Crippen LogP contribution in [0.25, 0.3) is 0 Å². The lowest BCUT2D eigenvalue weighted by atomic mass is 9.91. The molecule has 1 nitrogen and oxygen atoms in total. The first-order valence-corrected chi connectivity index (χ1v) is 11.3. The standard InChI is InChI=1S/C26H48O/c1-21(2)19-26(7)20-25(6)16-10-14-23(4)12-8-11-22(3)13-9-15-24(5)17-18-27/h12-13,21,24-25,27H,7-11,14-20H2,1-6H3/b22-13+,23-12+/t24-,25+/m0/s1. The Kier molecular flexibility index (Phi) is 15.7. The molecule has 1 N–H and O–H groups in total. The molecular formula is C26H48O. The lowest BCUT2D eigenvalue weighted by Crippen LogP contribution is -1.99. The Morgan fingerprint density at radius 2 is 1.44 bits per heavy atom. The van der Waals surface area contributed by atoms with Gasteiger partial charge in [0, 0.05) is 6.61 Å². The van der Waals surface area contributed by atoms with Gasteiger partial charge in [-0.05, 0) is 89.4 Å². The van der Waals surface area contributed by atoms with E-state index in [1.165, 1.54) is 62.5 Å². The summed E-state index contributed by atoms with van der Waals surface area (Å²) < 4.78 is 0. The summed E-state index contributed by atoms with van der Waals surface area (Å²) in [5, 5.41) is 8.95. The van der Waals surface area contributed by atoms with Gasteiger partial charge in [0.05, 0.1) is 0 Å². The highest BCUT2D eigenvalue weighted by atomic mass is 16.3. The van der Waals surface area contributed by atoms with Crippen LogP contribution in [0.1, 0.15) is 106 Å². The van der Waals surface area contributed by atoms with Gasteiger partial charge >= 0.3 is 0 Å². The quantitative estimate of drug-likeness (QED) is 0.269. The fourth-order valence-electron chi connectivity index (χ4n) is 3.71. The maximum Gasteiger partial charge on any atom is 0.0433 e. The van der Waals surface area contributed by atoms with Gasteiger partial charge in [-0.15, -0.1) is 0 Å². The second-order valence-corrected chi connectivity index (χ2v) is 9.38. The summed E-state index contributed by atoms with van der Waals surface area (Å²) in [6, 6.07) is 0. The number of rotatable bonds is 16. The summed E-state index contributed by atoms with van der Waals surface area (Å²) in [6.45, 7) is 18.3. The molecule has 0 aromatic carbocycles. The molecule has 0 saturated heterocycles. The molecule has 0 bridgehead atoms. The summed E-state index contributed by atoms with van der Waals surface area (Å²) in [6.07, 6.45) is 16.7. The first-order valence-electron chi connectivity index (χ1n) is 11.3. The zero-order chi connectivity index (χ0) is 20.7. The fraction of sp³-hybridized carbons (Fsp3) is 0.769. The third-order valence-electron chi connectivity index (χ3n) is 5.41. The molecule has 0 aromatic rings. The average molecular weight is 377 g/mol. The Bertz CT molecular complexity index is 441. The van der Waals surface area contributed by atoms with E-state index >= 15 is 0 Å². The predicted octanol–water partition coefficient (Wildman–Crippen LogP) is 8.26. The molecule has 0 aliphatic carbocycles. The molecule has 0 aromatic heterocycles. The number of aliphatic hydroxyl groups is 1. The van der Waals surface area contributed by atoms with Crippen molar-refractivity contribution in [1.82, 2.24) is 0 Å². The Labute approximate surface area is 171 Å². The van der Waals surface area contributed by atoms with Crippen LogP contribution in [0, 0.1) is 17.8 Å². The van der Waals surface area contributed by atoms with Crippen LogP contribution < -0.4 is 0 Å². The van der Waals surface area contributed by atoms with Crippen molar-refractivity contribution in [2.45, 2.75) is 106 Å². The van der Waals surface area contributed by atoms with Crippen molar-refractivity contribution in [3.63, 3.8) is 0 Å². The Morgan fingerprint density at radius 1 is 0.815 bits per heavy atom.